The molecule has 9 heteroatoms. The Labute approximate surface area is 191 Å². The highest BCUT2D eigenvalue weighted by Gasteiger charge is 2.23. The van der Waals surface area contributed by atoms with E-state index in [1.54, 1.807) is 36.4 Å². The number of hydrogen-bond donors (Lipinski definition) is 0. The summed E-state index contributed by atoms with van der Waals surface area (Å²) in [6.07, 6.45) is 0. The first-order chi connectivity index (χ1) is 15.2. The summed E-state index contributed by atoms with van der Waals surface area (Å²) in [7, 11) is -1.01. The first-order valence-electron chi connectivity index (χ1n) is 9.41. The van der Waals surface area contributed by atoms with Crippen molar-refractivity contribution in [1.82, 2.24) is 0 Å². The number of halogens is 1. The Kier molecular flexibility index (Phi) is 7.17. The van der Waals surface area contributed by atoms with Crippen LogP contribution in [0.25, 0.3) is 0 Å². The smallest absolute Gasteiger partial charge is 0.338 e. The molecule has 3 aromatic carbocycles. The second kappa shape index (κ2) is 9.84. The number of nitrogens with zero attached hydrogens (tertiary/aromatic N) is 1. The molecule has 0 atom stereocenters. The zero-order valence-electron chi connectivity index (χ0n) is 17.3. The summed E-state index contributed by atoms with van der Waals surface area (Å²) in [5.74, 6) is -0.619. The number of sulfonamides is 1. The molecular formula is C23H20ClNO6S. The van der Waals surface area contributed by atoms with E-state index in [9.17, 15) is 18.0 Å². The van der Waals surface area contributed by atoms with Crippen LogP contribution in [0.5, 0.6) is 5.75 Å². The highest BCUT2D eigenvalue weighted by atomic mass is 35.5. The van der Waals surface area contributed by atoms with Gasteiger partial charge in [0, 0.05) is 17.6 Å². The zero-order chi connectivity index (χ0) is 23.3. The van der Waals surface area contributed by atoms with E-state index in [1.165, 1.54) is 50.6 Å². The maximum Gasteiger partial charge on any atom is 0.338 e. The van der Waals surface area contributed by atoms with Crippen LogP contribution in [0.15, 0.2) is 77.7 Å². The Bertz CT molecular complexity index is 1220. The lowest BCUT2D eigenvalue weighted by Gasteiger charge is -2.20. The van der Waals surface area contributed by atoms with E-state index in [1.807, 2.05) is 0 Å². The fraction of sp³-hybridized carbons (Fsp3) is 0.130. The highest BCUT2D eigenvalue weighted by Crippen LogP contribution is 2.25. The fourth-order valence-electron chi connectivity index (χ4n) is 2.81. The van der Waals surface area contributed by atoms with E-state index in [4.69, 9.17) is 21.1 Å². The Hall–Kier alpha value is -3.36. The Morgan fingerprint density at radius 2 is 1.59 bits per heavy atom. The van der Waals surface area contributed by atoms with Gasteiger partial charge in [-0.3, -0.25) is 9.10 Å². The minimum absolute atomic E-state index is 0.0121. The third-order valence-corrected chi connectivity index (χ3v) is 6.70. The molecule has 32 heavy (non-hydrogen) atoms. The Morgan fingerprint density at radius 1 is 0.938 bits per heavy atom. The molecule has 7 nitrogen and oxygen atoms in total. The molecule has 0 aliphatic carbocycles. The van der Waals surface area contributed by atoms with Crippen molar-refractivity contribution in [2.75, 3.05) is 25.1 Å². The van der Waals surface area contributed by atoms with Crippen LogP contribution >= 0.6 is 11.6 Å². The molecule has 0 bridgehead atoms. The molecule has 0 saturated carbocycles. The van der Waals surface area contributed by atoms with E-state index < -0.39 is 28.4 Å². The number of rotatable bonds is 8. The number of Topliss-reactive ketones (excluding diaryl/α,β-unsaturated/α-hetero) is 1. The molecule has 0 aliphatic heterocycles. The summed E-state index contributed by atoms with van der Waals surface area (Å²) in [6, 6.07) is 18.1. The van der Waals surface area contributed by atoms with Gasteiger partial charge in [-0.05, 0) is 66.7 Å². The van der Waals surface area contributed by atoms with Gasteiger partial charge in [-0.15, -0.1) is 0 Å². The average Bonchev–Trinajstić information content (AvgIpc) is 2.82. The molecule has 0 saturated heterocycles. The van der Waals surface area contributed by atoms with Crippen LogP contribution in [0.4, 0.5) is 5.69 Å². The number of anilines is 1. The van der Waals surface area contributed by atoms with Crippen molar-refractivity contribution < 1.29 is 27.5 Å². The summed E-state index contributed by atoms with van der Waals surface area (Å²) in [6.45, 7) is -0.483. The van der Waals surface area contributed by atoms with Gasteiger partial charge in [0.1, 0.15) is 5.75 Å². The van der Waals surface area contributed by atoms with Crippen molar-refractivity contribution >= 4 is 39.1 Å². The molecule has 166 valence electrons. The van der Waals surface area contributed by atoms with Crippen molar-refractivity contribution in [2.24, 2.45) is 0 Å². The SMILES string of the molecule is COc1ccc(N(C)S(=O)(=O)c2cccc(C(=O)OCC(=O)c3ccc(Cl)cc3)c2)cc1. The second-order valence-electron chi connectivity index (χ2n) is 6.70. The van der Waals surface area contributed by atoms with E-state index in [2.05, 4.69) is 0 Å². The topological polar surface area (TPSA) is 90.0 Å². The van der Waals surface area contributed by atoms with Crippen LogP contribution < -0.4 is 9.04 Å². The number of ketones is 1. The minimum atomic E-state index is -3.94. The Morgan fingerprint density at radius 3 is 2.22 bits per heavy atom. The normalized spacial score (nSPS) is 11.0. The number of benzene rings is 3. The molecule has 3 rings (SSSR count). The molecule has 0 spiro atoms. The van der Waals surface area contributed by atoms with Crippen molar-refractivity contribution in [3.63, 3.8) is 0 Å². The average molecular weight is 474 g/mol. The molecule has 0 heterocycles. The molecule has 0 radical (unpaired) electrons. The largest absolute Gasteiger partial charge is 0.497 e. The number of carbonyl (C=O) groups excluding carboxylic acids is 2. The van der Waals surface area contributed by atoms with Crippen LogP contribution in [0.1, 0.15) is 20.7 Å². The van der Waals surface area contributed by atoms with Gasteiger partial charge < -0.3 is 9.47 Å². The third kappa shape index (κ3) is 5.27. The van der Waals surface area contributed by atoms with Crippen LogP contribution in [-0.2, 0) is 14.8 Å². The van der Waals surface area contributed by atoms with Gasteiger partial charge in [-0.1, -0.05) is 17.7 Å². The lowest BCUT2D eigenvalue weighted by atomic mass is 10.1. The van der Waals surface area contributed by atoms with E-state index in [-0.39, 0.29) is 10.5 Å². The lowest BCUT2D eigenvalue weighted by Crippen LogP contribution is -2.26. The van der Waals surface area contributed by atoms with Gasteiger partial charge in [-0.2, -0.15) is 0 Å². The standard InChI is InChI=1S/C23H20ClNO6S/c1-25(19-10-12-20(30-2)13-11-19)32(28,29)21-5-3-4-17(14-21)23(27)31-15-22(26)16-6-8-18(24)9-7-16/h3-14H,15H2,1-2H3. The van der Waals surface area contributed by atoms with E-state index in [0.717, 1.165) is 4.31 Å². The second-order valence-corrected chi connectivity index (χ2v) is 9.11. The molecule has 3 aromatic rings. The number of ether oxygens (including phenoxy) is 2. The van der Waals surface area contributed by atoms with Crippen LogP contribution in [0.3, 0.4) is 0 Å². The number of hydrogen-bond acceptors (Lipinski definition) is 6. The minimum Gasteiger partial charge on any atom is -0.497 e. The molecular weight excluding hydrogens is 454 g/mol. The molecule has 0 aliphatic rings. The van der Waals surface area contributed by atoms with E-state index >= 15 is 0 Å². The number of esters is 1. The molecule has 0 N–H and O–H groups in total. The van der Waals surface area contributed by atoms with Crippen LogP contribution in [0.2, 0.25) is 5.02 Å². The monoisotopic (exact) mass is 473 g/mol. The summed E-state index contributed by atoms with van der Waals surface area (Å²) < 4.78 is 37.3. The van der Waals surface area contributed by atoms with Gasteiger partial charge in [-0.25, -0.2) is 13.2 Å². The predicted octanol–water partition coefficient (Wildman–Crippen LogP) is 4.21. The van der Waals surface area contributed by atoms with Gasteiger partial charge in [0.25, 0.3) is 10.0 Å². The van der Waals surface area contributed by atoms with Crippen molar-refractivity contribution in [3.05, 3.63) is 88.9 Å². The Balaban J connectivity index is 1.73. The summed E-state index contributed by atoms with van der Waals surface area (Å²) >= 11 is 5.80. The molecule has 0 unspecified atom stereocenters. The molecule has 0 amide bonds. The third-order valence-electron chi connectivity index (χ3n) is 4.66. The maximum atomic E-state index is 13.0. The zero-order valence-corrected chi connectivity index (χ0v) is 18.9. The number of methoxy groups -OCH3 is 1. The quantitative estimate of drug-likeness (QED) is 0.359. The van der Waals surface area contributed by atoms with Gasteiger partial charge in [0.05, 0.1) is 23.3 Å². The predicted molar refractivity (Wildman–Crippen MR) is 121 cm³/mol. The summed E-state index contributed by atoms with van der Waals surface area (Å²) in [5.41, 5.74) is 0.782. The summed E-state index contributed by atoms with van der Waals surface area (Å²) in [4.78, 5) is 24.5. The van der Waals surface area contributed by atoms with Gasteiger partial charge in [0.15, 0.2) is 12.4 Å². The van der Waals surface area contributed by atoms with Crippen molar-refractivity contribution in [2.45, 2.75) is 4.90 Å². The summed E-state index contributed by atoms with van der Waals surface area (Å²) in [5, 5.41) is 0.483. The highest BCUT2D eigenvalue weighted by molar-refractivity contribution is 7.92. The first-order valence-corrected chi connectivity index (χ1v) is 11.2. The van der Waals surface area contributed by atoms with Crippen LogP contribution in [-0.4, -0.2) is 40.9 Å². The van der Waals surface area contributed by atoms with Gasteiger partial charge in [0.2, 0.25) is 0 Å². The van der Waals surface area contributed by atoms with Crippen molar-refractivity contribution in [1.29, 1.82) is 0 Å². The van der Waals surface area contributed by atoms with Crippen LogP contribution in [0, 0.1) is 0 Å². The van der Waals surface area contributed by atoms with E-state index in [0.29, 0.717) is 22.0 Å². The first kappa shape index (κ1) is 23.3. The van der Waals surface area contributed by atoms with Gasteiger partial charge >= 0.3 is 5.97 Å². The fourth-order valence-corrected chi connectivity index (χ4v) is 4.17. The maximum absolute atomic E-state index is 13.0. The number of carbonyl (C=O) groups is 2. The molecule has 0 aromatic heterocycles. The van der Waals surface area contributed by atoms with Crippen molar-refractivity contribution in [3.8, 4) is 5.75 Å². The lowest BCUT2D eigenvalue weighted by molar-refractivity contribution is 0.0474. The molecule has 0 fully saturated rings.